The standard InChI is InChI=1S/C11H20N4OS/c1-12-7-10-13-14-11(15(10)2)17-8-9-5-3-4-6-16-9/h9,12H,3-8H2,1-2H3. The molecule has 17 heavy (non-hydrogen) atoms. The lowest BCUT2D eigenvalue weighted by molar-refractivity contribution is 0.0315. The molecule has 1 atom stereocenters. The maximum atomic E-state index is 5.70. The molecule has 1 aliphatic heterocycles. The van der Waals surface area contributed by atoms with Gasteiger partial charge >= 0.3 is 0 Å². The first-order valence-corrected chi connectivity index (χ1v) is 7.07. The Morgan fingerprint density at radius 1 is 1.47 bits per heavy atom. The van der Waals surface area contributed by atoms with Gasteiger partial charge in [-0.3, -0.25) is 0 Å². The molecule has 0 bridgehead atoms. The first-order chi connectivity index (χ1) is 8.31. The second kappa shape index (κ2) is 6.37. The van der Waals surface area contributed by atoms with Crippen LogP contribution in [0.1, 0.15) is 25.1 Å². The lowest BCUT2D eigenvalue weighted by atomic mass is 10.1. The zero-order valence-corrected chi connectivity index (χ0v) is 11.3. The van der Waals surface area contributed by atoms with Gasteiger partial charge in [0.1, 0.15) is 5.82 Å². The smallest absolute Gasteiger partial charge is 0.191 e. The average Bonchev–Trinajstić information content (AvgIpc) is 2.70. The van der Waals surface area contributed by atoms with Crippen LogP contribution in [0.2, 0.25) is 0 Å². The molecule has 1 saturated heterocycles. The van der Waals surface area contributed by atoms with Crippen molar-refractivity contribution >= 4 is 11.8 Å². The van der Waals surface area contributed by atoms with Gasteiger partial charge in [-0.1, -0.05) is 11.8 Å². The van der Waals surface area contributed by atoms with E-state index < -0.39 is 0 Å². The summed E-state index contributed by atoms with van der Waals surface area (Å²) in [5.74, 6) is 1.95. The SMILES string of the molecule is CNCc1nnc(SCC2CCCCO2)n1C. The van der Waals surface area contributed by atoms with Crippen molar-refractivity contribution in [1.82, 2.24) is 20.1 Å². The number of hydrogen-bond acceptors (Lipinski definition) is 5. The lowest BCUT2D eigenvalue weighted by Gasteiger charge is -2.21. The van der Waals surface area contributed by atoms with Gasteiger partial charge in [-0.05, 0) is 26.3 Å². The Kier molecular flexibility index (Phi) is 4.82. The summed E-state index contributed by atoms with van der Waals surface area (Å²) < 4.78 is 7.75. The fourth-order valence-corrected chi connectivity index (χ4v) is 2.88. The lowest BCUT2D eigenvalue weighted by Crippen LogP contribution is -2.21. The quantitative estimate of drug-likeness (QED) is 0.802. The monoisotopic (exact) mass is 256 g/mol. The fourth-order valence-electron chi connectivity index (χ4n) is 1.89. The molecule has 0 aromatic carbocycles. The number of rotatable bonds is 5. The van der Waals surface area contributed by atoms with Crippen molar-refractivity contribution < 1.29 is 4.74 Å². The first-order valence-electron chi connectivity index (χ1n) is 6.08. The van der Waals surface area contributed by atoms with Crippen LogP contribution in [0, 0.1) is 0 Å². The van der Waals surface area contributed by atoms with Crippen LogP contribution in [-0.2, 0) is 18.3 Å². The van der Waals surface area contributed by atoms with Gasteiger partial charge in [0.25, 0.3) is 0 Å². The minimum atomic E-state index is 0.387. The summed E-state index contributed by atoms with van der Waals surface area (Å²) in [6.07, 6.45) is 4.05. The molecule has 6 heteroatoms. The summed E-state index contributed by atoms with van der Waals surface area (Å²) in [5, 5.41) is 12.4. The number of thioether (sulfide) groups is 1. The van der Waals surface area contributed by atoms with Crippen LogP contribution in [-0.4, -0.2) is 40.3 Å². The number of nitrogens with one attached hydrogen (secondary N) is 1. The van der Waals surface area contributed by atoms with E-state index in [-0.39, 0.29) is 0 Å². The highest BCUT2D eigenvalue weighted by atomic mass is 32.2. The molecule has 0 saturated carbocycles. The Bertz CT molecular complexity index is 349. The fraction of sp³-hybridized carbons (Fsp3) is 0.818. The Balaban J connectivity index is 1.85. The minimum absolute atomic E-state index is 0.387. The summed E-state index contributed by atoms with van der Waals surface area (Å²) in [6, 6.07) is 0. The van der Waals surface area contributed by atoms with E-state index >= 15 is 0 Å². The second-order valence-corrected chi connectivity index (χ2v) is 5.27. The van der Waals surface area contributed by atoms with Crippen molar-refractivity contribution in [3.63, 3.8) is 0 Å². The predicted octanol–water partition coefficient (Wildman–Crippen LogP) is 1.20. The molecule has 1 aliphatic rings. The van der Waals surface area contributed by atoms with Crippen molar-refractivity contribution in [2.75, 3.05) is 19.4 Å². The van der Waals surface area contributed by atoms with E-state index in [4.69, 9.17) is 4.74 Å². The Morgan fingerprint density at radius 3 is 3.06 bits per heavy atom. The molecule has 1 aromatic heterocycles. The van der Waals surface area contributed by atoms with Crippen LogP contribution in [0.25, 0.3) is 0 Å². The highest BCUT2D eigenvalue weighted by molar-refractivity contribution is 7.99. The normalized spacial score (nSPS) is 20.7. The summed E-state index contributed by atoms with van der Waals surface area (Å²) in [4.78, 5) is 0. The molecule has 2 heterocycles. The van der Waals surface area contributed by atoms with E-state index in [2.05, 4.69) is 15.5 Å². The average molecular weight is 256 g/mol. The van der Waals surface area contributed by atoms with Gasteiger partial charge in [0.05, 0.1) is 12.6 Å². The molecule has 0 radical (unpaired) electrons. The molecule has 0 spiro atoms. The van der Waals surface area contributed by atoms with E-state index in [1.54, 1.807) is 11.8 Å². The minimum Gasteiger partial charge on any atom is -0.377 e. The Hall–Kier alpha value is -0.590. The summed E-state index contributed by atoms with van der Waals surface area (Å²) in [7, 11) is 3.92. The van der Waals surface area contributed by atoms with Crippen LogP contribution < -0.4 is 5.32 Å². The van der Waals surface area contributed by atoms with Crippen LogP contribution in [0.3, 0.4) is 0 Å². The van der Waals surface area contributed by atoms with Crippen molar-refractivity contribution in [2.45, 2.75) is 37.1 Å². The third-order valence-electron chi connectivity index (χ3n) is 2.93. The molecule has 0 aliphatic carbocycles. The van der Waals surface area contributed by atoms with Crippen LogP contribution in [0.15, 0.2) is 5.16 Å². The summed E-state index contributed by atoms with van der Waals surface area (Å²) in [6.45, 7) is 1.67. The van der Waals surface area contributed by atoms with Crippen molar-refractivity contribution in [2.24, 2.45) is 7.05 Å². The summed E-state index contributed by atoms with van der Waals surface area (Å²) >= 11 is 1.74. The van der Waals surface area contributed by atoms with Crippen molar-refractivity contribution in [3.8, 4) is 0 Å². The van der Waals surface area contributed by atoms with E-state index in [0.29, 0.717) is 6.10 Å². The van der Waals surface area contributed by atoms with E-state index in [9.17, 15) is 0 Å². The van der Waals surface area contributed by atoms with Gasteiger partial charge < -0.3 is 14.6 Å². The van der Waals surface area contributed by atoms with Gasteiger partial charge in [-0.2, -0.15) is 0 Å². The van der Waals surface area contributed by atoms with E-state index in [1.165, 1.54) is 19.3 Å². The van der Waals surface area contributed by atoms with Gasteiger partial charge in [0, 0.05) is 19.4 Å². The molecular weight excluding hydrogens is 236 g/mol. The number of aromatic nitrogens is 3. The van der Waals surface area contributed by atoms with E-state index in [0.717, 1.165) is 29.9 Å². The molecular formula is C11H20N4OS. The highest BCUT2D eigenvalue weighted by Crippen LogP contribution is 2.22. The molecule has 5 nitrogen and oxygen atoms in total. The van der Waals surface area contributed by atoms with Crippen LogP contribution in [0.5, 0.6) is 0 Å². The number of nitrogens with zero attached hydrogens (tertiary/aromatic N) is 3. The molecule has 2 rings (SSSR count). The maximum Gasteiger partial charge on any atom is 0.191 e. The van der Waals surface area contributed by atoms with Gasteiger partial charge in [0.2, 0.25) is 0 Å². The van der Waals surface area contributed by atoms with Crippen molar-refractivity contribution in [3.05, 3.63) is 5.82 Å². The third kappa shape index (κ3) is 3.43. The largest absolute Gasteiger partial charge is 0.377 e. The van der Waals surface area contributed by atoms with Gasteiger partial charge in [-0.15, -0.1) is 10.2 Å². The molecule has 1 N–H and O–H groups in total. The second-order valence-electron chi connectivity index (χ2n) is 4.29. The Morgan fingerprint density at radius 2 is 2.35 bits per heavy atom. The van der Waals surface area contributed by atoms with Crippen molar-refractivity contribution in [1.29, 1.82) is 0 Å². The molecule has 96 valence electrons. The number of ether oxygens (including phenoxy) is 1. The summed E-state index contributed by atoms with van der Waals surface area (Å²) in [5.41, 5.74) is 0. The topological polar surface area (TPSA) is 52.0 Å². The van der Waals surface area contributed by atoms with Crippen LogP contribution in [0.4, 0.5) is 0 Å². The Labute approximate surface area is 106 Å². The van der Waals surface area contributed by atoms with E-state index in [1.807, 2.05) is 18.7 Å². The van der Waals surface area contributed by atoms with Gasteiger partial charge in [0.15, 0.2) is 5.16 Å². The zero-order valence-electron chi connectivity index (χ0n) is 10.5. The highest BCUT2D eigenvalue weighted by Gasteiger charge is 2.16. The third-order valence-corrected chi connectivity index (χ3v) is 4.08. The molecule has 0 amide bonds. The maximum absolute atomic E-state index is 5.70. The number of hydrogen-bond donors (Lipinski definition) is 1. The zero-order chi connectivity index (χ0) is 12.1. The first kappa shape index (κ1) is 12.9. The molecule has 1 fully saturated rings. The van der Waals surface area contributed by atoms with Crippen LogP contribution >= 0.6 is 11.8 Å². The molecule has 1 unspecified atom stereocenters. The van der Waals surface area contributed by atoms with Gasteiger partial charge in [-0.25, -0.2) is 0 Å². The molecule has 1 aromatic rings. The predicted molar refractivity (Wildman–Crippen MR) is 68.1 cm³/mol.